The van der Waals surface area contributed by atoms with E-state index in [1.807, 2.05) is 13.0 Å². The molecule has 0 aliphatic carbocycles. The lowest BCUT2D eigenvalue weighted by Gasteiger charge is -2.20. The SMILES string of the molecule is C=C(C)[C@H](COC(C)=O)c1c(OC)ccc2ccc(=O)oc12. The molecule has 0 aliphatic heterocycles. The molecule has 1 heterocycles. The van der Waals surface area contributed by atoms with Crippen molar-refractivity contribution in [1.29, 1.82) is 0 Å². The molecule has 0 fully saturated rings. The van der Waals surface area contributed by atoms with E-state index in [4.69, 9.17) is 13.9 Å². The molecule has 1 aromatic heterocycles. The number of fused-ring (bicyclic) bond motifs is 1. The number of hydrogen-bond acceptors (Lipinski definition) is 5. The van der Waals surface area contributed by atoms with Gasteiger partial charge in [-0.1, -0.05) is 12.2 Å². The maximum atomic E-state index is 11.6. The fourth-order valence-corrected chi connectivity index (χ4v) is 2.32. The lowest BCUT2D eigenvalue weighted by molar-refractivity contribution is -0.141. The highest BCUT2D eigenvalue weighted by Gasteiger charge is 2.23. The number of methoxy groups -OCH3 is 1. The number of esters is 1. The summed E-state index contributed by atoms with van der Waals surface area (Å²) in [5, 5.41) is 0.768. The molecule has 0 saturated heterocycles. The van der Waals surface area contributed by atoms with Crippen LogP contribution in [0.1, 0.15) is 25.3 Å². The molecule has 5 heteroatoms. The van der Waals surface area contributed by atoms with E-state index in [-0.39, 0.29) is 18.5 Å². The predicted octanol–water partition coefficient (Wildman–Crippen LogP) is 3.02. The van der Waals surface area contributed by atoms with Gasteiger partial charge in [-0.3, -0.25) is 4.79 Å². The van der Waals surface area contributed by atoms with Gasteiger partial charge in [0.2, 0.25) is 0 Å². The lowest BCUT2D eigenvalue weighted by Crippen LogP contribution is -2.13. The molecule has 1 atom stereocenters. The highest BCUT2D eigenvalue weighted by molar-refractivity contribution is 5.83. The third-order valence-corrected chi connectivity index (χ3v) is 3.40. The van der Waals surface area contributed by atoms with Crippen LogP contribution in [0.25, 0.3) is 11.0 Å². The smallest absolute Gasteiger partial charge is 0.336 e. The molecule has 0 saturated carbocycles. The number of carbonyl (C=O) groups is 1. The van der Waals surface area contributed by atoms with Crippen LogP contribution < -0.4 is 10.4 Å². The second kappa shape index (κ2) is 6.47. The van der Waals surface area contributed by atoms with E-state index in [2.05, 4.69) is 6.58 Å². The Morgan fingerprint density at radius 1 is 1.27 bits per heavy atom. The first kappa shape index (κ1) is 15.8. The molecule has 0 amide bonds. The quantitative estimate of drug-likeness (QED) is 0.482. The molecular formula is C17H18O5. The first-order valence-electron chi connectivity index (χ1n) is 6.83. The number of carbonyl (C=O) groups excluding carboxylic acids is 1. The highest BCUT2D eigenvalue weighted by Crippen LogP contribution is 2.37. The van der Waals surface area contributed by atoms with Crippen LogP contribution in [0.2, 0.25) is 0 Å². The summed E-state index contributed by atoms with van der Waals surface area (Å²) in [5.74, 6) is -0.151. The molecule has 0 bridgehead atoms. The molecule has 0 radical (unpaired) electrons. The van der Waals surface area contributed by atoms with Gasteiger partial charge in [0.15, 0.2) is 0 Å². The predicted molar refractivity (Wildman–Crippen MR) is 83.2 cm³/mol. The van der Waals surface area contributed by atoms with E-state index in [0.717, 1.165) is 11.0 Å². The van der Waals surface area contributed by atoms with Gasteiger partial charge in [0.1, 0.15) is 17.9 Å². The summed E-state index contributed by atoms with van der Waals surface area (Å²) in [6.07, 6.45) is 0. The maximum absolute atomic E-state index is 11.6. The zero-order chi connectivity index (χ0) is 16.3. The Labute approximate surface area is 128 Å². The monoisotopic (exact) mass is 302 g/mol. The van der Waals surface area contributed by atoms with E-state index in [9.17, 15) is 9.59 Å². The fourth-order valence-electron chi connectivity index (χ4n) is 2.32. The Morgan fingerprint density at radius 2 is 1.95 bits per heavy atom. The molecule has 1 aromatic carbocycles. The van der Waals surface area contributed by atoms with E-state index in [1.165, 1.54) is 20.1 Å². The molecule has 22 heavy (non-hydrogen) atoms. The first-order chi connectivity index (χ1) is 10.4. The summed E-state index contributed by atoms with van der Waals surface area (Å²) in [6.45, 7) is 7.23. The Morgan fingerprint density at radius 3 is 2.55 bits per heavy atom. The molecule has 0 N–H and O–H groups in total. The van der Waals surface area contributed by atoms with Crippen molar-refractivity contribution < 1.29 is 18.7 Å². The van der Waals surface area contributed by atoms with Gasteiger partial charge in [0, 0.05) is 29.9 Å². The number of rotatable bonds is 5. The van der Waals surface area contributed by atoms with Crippen molar-refractivity contribution in [2.24, 2.45) is 0 Å². The Balaban J connectivity index is 2.67. The van der Waals surface area contributed by atoms with Crippen molar-refractivity contribution in [3.8, 4) is 5.75 Å². The number of hydrogen-bond donors (Lipinski definition) is 0. The van der Waals surface area contributed by atoms with Crippen molar-refractivity contribution in [3.63, 3.8) is 0 Å². The minimum Gasteiger partial charge on any atom is -0.496 e. The topological polar surface area (TPSA) is 65.7 Å². The molecule has 0 aliphatic rings. The summed E-state index contributed by atoms with van der Waals surface area (Å²) in [7, 11) is 1.53. The van der Waals surface area contributed by atoms with Crippen molar-refractivity contribution in [1.82, 2.24) is 0 Å². The van der Waals surface area contributed by atoms with E-state index >= 15 is 0 Å². The van der Waals surface area contributed by atoms with E-state index < -0.39 is 5.63 Å². The summed E-state index contributed by atoms with van der Waals surface area (Å²) in [4.78, 5) is 22.7. The molecule has 2 rings (SSSR count). The summed E-state index contributed by atoms with van der Waals surface area (Å²) >= 11 is 0. The molecule has 5 nitrogen and oxygen atoms in total. The van der Waals surface area contributed by atoms with Crippen molar-refractivity contribution in [2.45, 2.75) is 19.8 Å². The third-order valence-electron chi connectivity index (χ3n) is 3.40. The van der Waals surface area contributed by atoms with Crippen LogP contribution in [0.3, 0.4) is 0 Å². The van der Waals surface area contributed by atoms with E-state index in [1.54, 1.807) is 12.1 Å². The van der Waals surface area contributed by atoms with Crippen molar-refractivity contribution >= 4 is 16.9 Å². The minimum absolute atomic E-state index is 0.110. The summed E-state index contributed by atoms with van der Waals surface area (Å²) < 4.78 is 15.9. The van der Waals surface area contributed by atoms with Crippen LogP contribution in [0.4, 0.5) is 0 Å². The van der Waals surface area contributed by atoms with Crippen LogP contribution in [0, 0.1) is 0 Å². The number of benzene rings is 1. The third kappa shape index (κ3) is 3.19. The van der Waals surface area contributed by atoms with Gasteiger partial charge in [0.05, 0.1) is 7.11 Å². The molecule has 116 valence electrons. The Bertz CT molecular complexity index is 772. The molecular weight excluding hydrogens is 284 g/mol. The number of ether oxygens (including phenoxy) is 2. The van der Waals surface area contributed by atoms with Crippen molar-refractivity contribution in [3.05, 3.63) is 52.4 Å². The van der Waals surface area contributed by atoms with Crippen LogP contribution >= 0.6 is 0 Å². The minimum atomic E-state index is -0.449. The zero-order valence-electron chi connectivity index (χ0n) is 12.8. The largest absolute Gasteiger partial charge is 0.496 e. The Kier molecular flexibility index (Phi) is 4.65. The van der Waals surface area contributed by atoms with Gasteiger partial charge in [0.25, 0.3) is 0 Å². The maximum Gasteiger partial charge on any atom is 0.336 e. The molecule has 2 aromatic rings. The van der Waals surface area contributed by atoms with Crippen LogP contribution in [-0.4, -0.2) is 19.7 Å². The highest BCUT2D eigenvalue weighted by atomic mass is 16.5. The van der Waals surface area contributed by atoms with Gasteiger partial charge in [-0.15, -0.1) is 0 Å². The van der Waals surface area contributed by atoms with E-state index in [0.29, 0.717) is 16.9 Å². The fraction of sp³-hybridized carbons (Fsp3) is 0.294. The van der Waals surface area contributed by atoms with Gasteiger partial charge < -0.3 is 13.9 Å². The zero-order valence-corrected chi connectivity index (χ0v) is 12.8. The summed E-state index contributed by atoms with van der Waals surface area (Å²) in [5.41, 5.74) is 1.41. The van der Waals surface area contributed by atoms with Crippen LogP contribution in [0.5, 0.6) is 5.75 Å². The standard InChI is InChI=1S/C17H18O5/c1-10(2)13(9-21-11(3)18)16-14(20-4)7-5-12-6-8-15(19)22-17(12)16/h5-8,13H,1,9H2,2-4H3/t13-/m0/s1. The van der Waals surface area contributed by atoms with Gasteiger partial charge in [-0.05, 0) is 25.1 Å². The van der Waals surface area contributed by atoms with Crippen molar-refractivity contribution in [2.75, 3.05) is 13.7 Å². The second-order valence-electron chi connectivity index (χ2n) is 5.06. The lowest BCUT2D eigenvalue weighted by atomic mass is 9.91. The average Bonchev–Trinajstić information content (AvgIpc) is 2.46. The summed E-state index contributed by atoms with van der Waals surface area (Å²) in [6, 6.07) is 6.65. The van der Waals surface area contributed by atoms with Gasteiger partial charge >= 0.3 is 11.6 Å². The average molecular weight is 302 g/mol. The first-order valence-corrected chi connectivity index (χ1v) is 6.83. The Hall–Kier alpha value is -2.56. The van der Waals surface area contributed by atoms with Crippen LogP contribution in [0.15, 0.2) is 45.6 Å². The second-order valence-corrected chi connectivity index (χ2v) is 5.06. The molecule has 0 unspecified atom stereocenters. The molecule has 0 spiro atoms. The van der Waals surface area contributed by atoms with Gasteiger partial charge in [-0.2, -0.15) is 0 Å². The van der Waals surface area contributed by atoms with Crippen LogP contribution in [-0.2, 0) is 9.53 Å². The normalized spacial score (nSPS) is 12.0. The van der Waals surface area contributed by atoms with Gasteiger partial charge in [-0.25, -0.2) is 4.79 Å².